The van der Waals surface area contributed by atoms with Gasteiger partial charge in [-0.25, -0.2) is 9.78 Å². The van der Waals surface area contributed by atoms with E-state index in [-0.39, 0.29) is 12.6 Å². The van der Waals surface area contributed by atoms with E-state index in [1.807, 2.05) is 31.2 Å². The Kier molecular flexibility index (Phi) is 5.91. The van der Waals surface area contributed by atoms with Crippen molar-refractivity contribution in [2.24, 2.45) is 0 Å². The third-order valence-corrected chi connectivity index (χ3v) is 4.47. The molecule has 2 amide bonds. The van der Waals surface area contributed by atoms with Gasteiger partial charge in [0.25, 0.3) is 0 Å². The summed E-state index contributed by atoms with van der Waals surface area (Å²) in [7, 11) is 0. The molecule has 0 bridgehead atoms. The highest BCUT2D eigenvalue weighted by Gasteiger charge is 2.13. The molecule has 5 nitrogen and oxygen atoms in total. The molecule has 1 aromatic carbocycles. The zero-order valence-corrected chi connectivity index (χ0v) is 13.6. The van der Waals surface area contributed by atoms with Gasteiger partial charge in [-0.15, -0.1) is 11.3 Å². The van der Waals surface area contributed by atoms with Crippen molar-refractivity contribution in [3.8, 4) is 0 Å². The van der Waals surface area contributed by atoms with E-state index in [2.05, 4.69) is 22.5 Å². The van der Waals surface area contributed by atoms with Gasteiger partial charge in [0.15, 0.2) is 0 Å². The summed E-state index contributed by atoms with van der Waals surface area (Å²) in [6, 6.07) is 7.19. The monoisotopic (exact) mass is 319 g/mol. The fraction of sp³-hybridized carbons (Fsp3) is 0.375. The summed E-state index contributed by atoms with van der Waals surface area (Å²) in [5.41, 5.74) is 4.81. The van der Waals surface area contributed by atoms with E-state index in [1.165, 1.54) is 16.9 Å². The Morgan fingerprint density at radius 1 is 1.36 bits per heavy atom. The van der Waals surface area contributed by atoms with Gasteiger partial charge in [-0.1, -0.05) is 31.2 Å². The third kappa shape index (κ3) is 4.29. The highest BCUT2D eigenvalue weighted by molar-refractivity contribution is 7.09. The third-order valence-electron chi connectivity index (χ3n) is 3.53. The van der Waals surface area contributed by atoms with E-state index in [4.69, 9.17) is 0 Å². The molecule has 0 aliphatic rings. The van der Waals surface area contributed by atoms with Gasteiger partial charge < -0.3 is 15.7 Å². The summed E-state index contributed by atoms with van der Waals surface area (Å²) in [4.78, 5) is 17.1. The molecule has 2 aromatic rings. The summed E-state index contributed by atoms with van der Waals surface area (Å²) >= 11 is 1.51. The Labute approximate surface area is 134 Å². The lowest BCUT2D eigenvalue weighted by molar-refractivity contribution is 0.216. The van der Waals surface area contributed by atoms with E-state index < -0.39 is 6.04 Å². The standard InChI is InChI=1S/C16H21N3O2S/c1-3-12-4-6-13(7-5-12)14(9-20)19-16(21)17-8-15-11(2)18-10-22-15/h4-7,10,14,20H,3,8-9H2,1-2H3,(H2,17,19,21). The van der Waals surface area contributed by atoms with Crippen molar-refractivity contribution in [3.63, 3.8) is 0 Å². The van der Waals surface area contributed by atoms with Crippen molar-refractivity contribution < 1.29 is 9.90 Å². The topological polar surface area (TPSA) is 74.2 Å². The Morgan fingerprint density at radius 3 is 2.64 bits per heavy atom. The molecule has 0 radical (unpaired) electrons. The van der Waals surface area contributed by atoms with Crippen LogP contribution in [0, 0.1) is 6.92 Å². The average Bonchev–Trinajstić information content (AvgIpc) is 2.96. The smallest absolute Gasteiger partial charge is 0.315 e. The van der Waals surface area contributed by atoms with Crippen LogP contribution in [0.2, 0.25) is 0 Å². The van der Waals surface area contributed by atoms with E-state index in [1.54, 1.807) is 5.51 Å². The lowest BCUT2D eigenvalue weighted by Crippen LogP contribution is -2.38. The second-order valence-electron chi connectivity index (χ2n) is 5.02. The Hall–Kier alpha value is -1.92. The number of hydrogen-bond donors (Lipinski definition) is 3. The minimum Gasteiger partial charge on any atom is -0.394 e. The molecular weight excluding hydrogens is 298 g/mol. The summed E-state index contributed by atoms with van der Waals surface area (Å²) in [5.74, 6) is 0. The predicted octanol–water partition coefficient (Wildman–Crippen LogP) is 2.55. The normalized spacial score (nSPS) is 12.0. The molecule has 1 heterocycles. The number of carbonyl (C=O) groups is 1. The van der Waals surface area contributed by atoms with Gasteiger partial charge in [-0.05, 0) is 24.5 Å². The number of benzene rings is 1. The van der Waals surface area contributed by atoms with E-state index in [0.717, 1.165) is 22.6 Å². The van der Waals surface area contributed by atoms with Gasteiger partial charge in [-0.2, -0.15) is 0 Å². The zero-order valence-electron chi connectivity index (χ0n) is 12.8. The highest BCUT2D eigenvalue weighted by atomic mass is 32.1. The van der Waals surface area contributed by atoms with Crippen LogP contribution in [0.5, 0.6) is 0 Å². The molecule has 3 N–H and O–H groups in total. The Balaban J connectivity index is 1.91. The van der Waals surface area contributed by atoms with Crippen LogP contribution in [0.3, 0.4) is 0 Å². The van der Waals surface area contributed by atoms with Crippen molar-refractivity contribution >= 4 is 17.4 Å². The van der Waals surface area contributed by atoms with E-state index in [0.29, 0.717) is 6.54 Å². The van der Waals surface area contributed by atoms with E-state index in [9.17, 15) is 9.90 Å². The fourth-order valence-electron chi connectivity index (χ4n) is 2.09. The average molecular weight is 319 g/mol. The second-order valence-corrected chi connectivity index (χ2v) is 5.96. The molecule has 1 atom stereocenters. The molecule has 0 aliphatic carbocycles. The second kappa shape index (κ2) is 7.91. The highest BCUT2D eigenvalue weighted by Crippen LogP contribution is 2.14. The zero-order chi connectivity index (χ0) is 15.9. The largest absolute Gasteiger partial charge is 0.394 e. The number of thiazole rings is 1. The van der Waals surface area contributed by atoms with Gasteiger partial charge in [0.05, 0.1) is 30.4 Å². The summed E-state index contributed by atoms with van der Waals surface area (Å²) < 4.78 is 0. The number of amides is 2. The first-order valence-corrected chi connectivity index (χ1v) is 8.15. The Bertz CT molecular complexity index is 610. The molecule has 0 fully saturated rings. The first kappa shape index (κ1) is 16.5. The van der Waals surface area contributed by atoms with Crippen LogP contribution >= 0.6 is 11.3 Å². The van der Waals surface area contributed by atoms with Crippen LogP contribution in [0.15, 0.2) is 29.8 Å². The van der Waals surface area contributed by atoms with Crippen LogP contribution in [0.1, 0.15) is 34.7 Å². The molecule has 0 saturated heterocycles. The number of aryl methyl sites for hydroxylation is 2. The van der Waals surface area contributed by atoms with Crippen LogP contribution in [-0.4, -0.2) is 22.7 Å². The van der Waals surface area contributed by atoms with Gasteiger partial charge in [-0.3, -0.25) is 0 Å². The SMILES string of the molecule is CCc1ccc(C(CO)NC(=O)NCc2scnc2C)cc1. The number of aromatic nitrogens is 1. The molecule has 0 saturated carbocycles. The molecule has 118 valence electrons. The summed E-state index contributed by atoms with van der Waals surface area (Å²) in [5, 5.41) is 15.1. The minimum atomic E-state index is -0.409. The van der Waals surface area contributed by atoms with Crippen LogP contribution in [0.4, 0.5) is 4.79 Å². The molecule has 2 rings (SSSR count). The van der Waals surface area contributed by atoms with Crippen LogP contribution in [0.25, 0.3) is 0 Å². The molecule has 0 spiro atoms. The number of rotatable bonds is 6. The van der Waals surface area contributed by atoms with Crippen molar-refractivity contribution in [3.05, 3.63) is 51.5 Å². The van der Waals surface area contributed by atoms with Crippen LogP contribution in [-0.2, 0) is 13.0 Å². The maximum absolute atomic E-state index is 12.0. The maximum Gasteiger partial charge on any atom is 0.315 e. The predicted molar refractivity (Wildman–Crippen MR) is 87.9 cm³/mol. The van der Waals surface area contributed by atoms with E-state index >= 15 is 0 Å². The van der Waals surface area contributed by atoms with Crippen molar-refractivity contribution in [1.82, 2.24) is 15.6 Å². The number of urea groups is 1. The summed E-state index contributed by atoms with van der Waals surface area (Å²) in [6.07, 6.45) is 0.964. The van der Waals surface area contributed by atoms with Crippen molar-refractivity contribution in [2.75, 3.05) is 6.61 Å². The first-order chi connectivity index (χ1) is 10.6. The fourth-order valence-corrected chi connectivity index (χ4v) is 2.80. The lowest BCUT2D eigenvalue weighted by atomic mass is 10.0. The number of nitrogens with zero attached hydrogens (tertiary/aromatic N) is 1. The quantitative estimate of drug-likeness (QED) is 0.766. The molecule has 1 aromatic heterocycles. The number of aliphatic hydroxyl groups is 1. The maximum atomic E-state index is 12.0. The van der Waals surface area contributed by atoms with Crippen molar-refractivity contribution in [1.29, 1.82) is 0 Å². The molecule has 22 heavy (non-hydrogen) atoms. The van der Waals surface area contributed by atoms with Gasteiger partial charge in [0, 0.05) is 4.88 Å². The number of carbonyl (C=O) groups excluding carboxylic acids is 1. The number of hydrogen-bond acceptors (Lipinski definition) is 4. The van der Waals surface area contributed by atoms with Gasteiger partial charge in [0.2, 0.25) is 0 Å². The first-order valence-electron chi connectivity index (χ1n) is 7.27. The summed E-state index contributed by atoms with van der Waals surface area (Å²) in [6.45, 7) is 4.30. The van der Waals surface area contributed by atoms with Gasteiger partial charge in [0.1, 0.15) is 0 Å². The number of nitrogens with one attached hydrogen (secondary N) is 2. The minimum absolute atomic E-state index is 0.140. The molecule has 1 unspecified atom stereocenters. The van der Waals surface area contributed by atoms with Crippen molar-refractivity contribution in [2.45, 2.75) is 32.9 Å². The van der Waals surface area contributed by atoms with Gasteiger partial charge >= 0.3 is 6.03 Å². The van der Waals surface area contributed by atoms with Crippen LogP contribution < -0.4 is 10.6 Å². The Morgan fingerprint density at radius 2 is 2.09 bits per heavy atom. The molecule has 6 heteroatoms. The molecule has 0 aliphatic heterocycles. The number of aliphatic hydroxyl groups excluding tert-OH is 1. The molecular formula is C16H21N3O2S. The lowest BCUT2D eigenvalue weighted by Gasteiger charge is -2.17.